The molecule has 0 spiro atoms. The minimum Gasteiger partial charge on any atom is -0.384 e. The highest BCUT2D eigenvalue weighted by molar-refractivity contribution is 5.40. The minimum atomic E-state index is 0.0390. The zero-order chi connectivity index (χ0) is 15.4. The molecule has 5 nitrogen and oxygen atoms in total. The first-order chi connectivity index (χ1) is 10.8. The average molecular weight is 301 g/mol. The van der Waals surface area contributed by atoms with Gasteiger partial charge >= 0.3 is 0 Å². The van der Waals surface area contributed by atoms with Crippen molar-refractivity contribution in [2.75, 3.05) is 20.3 Å². The van der Waals surface area contributed by atoms with Crippen molar-refractivity contribution in [3.8, 4) is 5.69 Å². The lowest BCUT2D eigenvalue weighted by Crippen LogP contribution is -2.17. The Morgan fingerprint density at radius 2 is 2.18 bits per heavy atom. The highest BCUT2D eigenvalue weighted by Gasteiger charge is 2.24. The van der Waals surface area contributed by atoms with E-state index in [-0.39, 0.29) is 6.10 Å². The molecule has 1 aliphatic heterocycles. The smallest absolute Gasteiger partial charge is 0.161 e. The number of para-hydroxylation sites is 1. The van der Waals surface area contributed by atoms with Gasteiger partial charge in [-0.3, -0.25) is 0 Å². The molecular weight excluding hydrogens is 278 g/mol. The van der Waals surface area contributed by atoms with Gasteiger partial charge in [0.05, 0.1) is 12.3 Å². The third kappa shape index (κ3) is 3.20. The Morgan fingerprint density at radius 3 is 2.91 bits per heavy atom. The Labute approximate surface area is 131 Å². The van der Waals surface area contributed by atoms with Crippen LogP contribution in [0.3, 0.4) is 0 Å². The first kappa shape index (κ1) is 15.2. The fourth-order valence-corrected chi connectivity index (χ4v) is 2.80. The van der Waals surface area contributed by atoms with Crippen molar-refractivity contribution in [2.45, 2.75) is 38.7 Å². The molecule has 0 aliphatic carbocycles. The van der Waals surface area contributed by atoms with E-state index < -0.39 is 0 Å². The van der Waals surface area contributed by atoms with Gasteiger partial charge in [-0.15, -0.1) is 0 Å². The lowest BCUT2D eigenvalue weighted by molar-refractivity contribution is 0.00815. The molecule has 0 bridgehead atoms. The van der Waals surface area contributed by atoms with E-state index in [0.717, 1.165) is 43.2 Å². The number of methoxy groups -OCH3 is 1. The van der Waals surface area contributed by atoms with Crippen LogP contribution < -0.4 is 0 Å². The molecule has 0 saturated carbocycles. The summed E-state index contributed by atoms with van der Waals surface area (Å²) in [5, 5.41) is 4.70. The first-order valence-electron chi connectivity index (χ1n) is 7.92. The monoisotopic (exact) mass is 301 g/mol. The quantitative estimate of drug-likeness (QED) is 0.852. The van der Waals surface area contributed by atoms with E-state index in [9.17, 15) is 0 Å². The number of aromatic nitrogens is 3. The highest BCUT2D eigenvalue weighted by Crippen LogP contribution is 2.29. The van der Waals surface area contributed by atoms with Crippen LogP contribution in [0, 0.1) is 6.92 Å². The van der Waals surface area contributed by atoms with Crippen LogP contribution in [0.15, 0.2) is 24.3 Å². The Hall–Kier alpha value is -1.72. The number of aryl methyl sites for hydroxylation is 1. The van der Waals surface area contributed by atoms with Crippen LogP contribution in [-0.4, -0.2) is 35.1 Å². The van der Waals surface area contributed by atoms with Crippen LogP contribution in [0.1, 0.15) is 42.6 Å². The van der Waals surface area contributed by atoms with Crippen LogP contribution in [-0.2, 0) is 15.9 Å². The van der Waals surface area contributed by atoms with E-state index in [2.05, 4.69) is 19.1 Å². The SMILES string of the molecule is COCCc1nc(C2CCCCO2)n(-c2ccccc2C)n1. The molecule has 0 amide bonds. The molecule has 1 atom stereocenters. The van der Waals surface area contributed by atoms with Crippen LogP contribution in [0.5, 0.6) is 0 Å². The molecule has 0 N–H and O–H groups in total. The molecule has 22 heavy (non-hydrogen) atoms. The van der Waals surface area contributed by atoms with Crippen LogP contribution >= 0.6 is 0 Å². The maximum absolute atomic E-state index is 5.93. The van der Waals surface area contributed by atoms with Crippen molar-refractivity contribution in [3.63, 3.8) is 0 Å². The van der Waals surface area contributed by atoms with Crippen molar-refractivity contribution in [1.82, 2.24) is 14.8 Å². The van der Waals surface area contributed by atoms with Gasteiger partial charge in [0.1, 0.15) is 6.10 Å². The average Bonchev–Trinajstić information content (AvgIpc) is 2.98. The van der Waals surface area contributed by atoms with Crippen molar-refractivity contribution < 1.29 is 9.47 Å². The predicted molar refractivity (Wildman–Crippen MR) is 84.2 cm³/mol. The molecular formula is C17H23N3O2. The molecule has 1 aliphatic rings. The van der Waals surface area contributed by atoms with Crippen molar-refractivity contribution in [2.24, 2.45) is 0 Å². The van der Waals surface area contributed by atoms with Gasteiger partial charge in [0.2, 0.25) is 0 Å². The molecule has 0 radical (unpaired) electrons. The van der Waals surface area contributed by atoms with E-state index in [1.807, 2.05) is 16.8 Å². The molecule has 118 valence electrons. The molecule has 1 fully saturated rings. The number of hydrogen-bond donors (Lipinski definition) is 0. The normalized spacial score (nSPS) is 18.5. The lowest BCUT2D eigenvalue weighted by Gasteiger charge is -2.22. The topological polar surface area (TPSA) is 49.2 Å². The Kier molecular flexibility index (Phi) is 4.85. The zero-order valence-electron chi connectivity index (χ0n) is 13.3. The van der Waals surface area contributed by atoms with Gasteiger partial charge in [0.15, 0.2) is 11.6 Å². The summed E-state index contributed by atoms with van der Waals surface area (Å²) < 4.78 is 13.0. The summed E-state index contributed by atoms with van der Waals surface area (Å²) in [6.45, 7) is 3.53. The van der Waals surface area contributed by atoms with Crippen molar-refractivity contribution >= 4 is 0 Å². The van der Waals surface area contributed by atoms with Gasteiger partial charge < -0.3 is 9.47 Å². The summed E-state index contributed by atoms with van der Waals surface area (Å²) in [4.78, 5) is 4.74. The number of ether oxygens (including phenoxy) is 2. The van der Waals surface area contributed by atoms with E-state index in [1.54, 1.807) is 7.11 Å². The summed E-state index contributed by atoms with van der Waals surface area (Å²) in [5.74, 6) is 1.73. The molecule has 2 heterocycles. The van der Waals surface area contributed by atoms with Gasteiger partial charge in [-0.1, -0.05) is 18.2 Å². The molecule has 1 aromatic heterocycles. The Bertz CT molecular complexity index is 618. The van der Waals surface area contributed by atoms with Gasteiger partial charge in [-0.25, -0.2) is 9.67 Å². The van der Waals surface area contributed by atoms with Crippen LogP contribution in [0.25, 0.3) is 5.69 Å². The number of benzene rings is 1. The summed E-state index contributed by atoms with van der Waals surface area (Å²) in [6, 6.07) is 8.25. The van der Waals surface area contributed by atoms with Crippen molar-refractivity contribution in [3.05, 3.63) is 41.5 Å². The Balaban J connectivity index is 1.98. The van der Waals surface area contributed by atoms with Crippen molar-refractivity contribution in [1.29, 1.82) is 0 Å². The van der Waals surface area contributed by atoms with E-state index >= 15 is 0 Å². The fraction of sp³-hybridized carbons (Fsp3) is 0.529. The minimum absolute atomic E-state index is 0.0390. The molecule has 1 unspecified atom stereocenters. The maximum Gasteiger partial charge on any atom is 0.161 e. The highest BCUT2D eigenvalue weighted by atomic mass is 16.5. The van der Waals surface area contributed by atoms with Crippen LogP contribution in [0.2, 0.25) is 0 Å². The first-order valence-corrected chi connectivity index (χ1v) is 7.92. The largest absolute Gasteiger partial charge is 0.384 e. The lowest BCUT2D eigenvalue weighted by atomic mass is 10.1. The Morgan fingerprint density at radius 1 is 1.32 bits per heavy atom. The fourth-order valence-electron chi connectivity index (χ4n) is 2.80. The third-order valence-corrected chi connectivity index (χ3v) is 4.02. The van der Waals surface area contributed by atoms with E-state index in [4.69, 9.17) is 19.6 Å². The molecule has 5 heteroatoms. The van der Waals surface area contributed by atoms with Gasteiger partial charge in [0.25, 0.3) is 0 Å². The zero-order valence-corrected chi connectivity index (χ0v) is 13.3. The van der Waals surface area contributed by atoms with Gasteiger partial charge in [0, 0.05) is 20.1 Å². The molecule has 2 aromatic rings. The molecule has 1 aromatic carbocycles. The van der Waals surface area contributed by atoms with Crippen LogP contribution in [0.4, 0.5) is 0 Å². The maximum atomic E-state index is 5.93. The summed E-state index contributed by atoms with van der Waals surface area (Å²) >= 11 is 0. The third-order valence-electron chi connectivity index (χ3n) is 4.02. The standard InChI is InChI=1S/C17H23N3O2/c1-13-7-3-4-8-14(13)20-17(15-9-5-6-11-22-15)18-16(19-20)10-12-21-2/h3-4,7-8,15H,5-6,9-12H2,1-2H3. The summed E-state index contributed by atoms with van der Waals surface area (Å²) in [5.41, 5.74) is 2.26. The van der Waals surface area contributed by atoms with Gasteiger partial charge in [-0.2, -0.15) is 5.10 Å². The number of nitrogens with zero attached hydrogens (tertiary/aromatic N) is 3. The predicted octanol–water partition coefficient (Wildman–Crippen LogP) is 3.01. The second kappa shape index (κ2) is 7.03. The number of hydrogen-bond acceptors (Lipinski definition) is 4. The number of rotatable bonds is 5. The molecule has 1 saturated heterocycles. The van der Waals surface area contributed by atoms with E-state index in [1.165, 1.54) is 12.0 Å². The second-order valence-corrected chi connectivity index (χ2v) is 5.68. The van der Waals surface area contributed by atoms with E-state index in [0.29, 0.717) is 6.61 Å². The van der Waals surface area contributed by atoms with Gasteiger partial charge in [-0.05, 0) is 37.8 Å². The second-order valence-electron chi connectivity index (χ2n) is 5.68. The summed E-state index contributed by atoms with van der Waals surface area (Å²) in [6.07, 6.45) is 4.07. The molecule has 3 rings (SSSR count). The summed E-state index contributed by atoms with van der Waals surface area (Å²) in [7, 11) is 1.70.